The Balaban J connectivity index is 0.000000135. The number of nitrogens with two attached hydrogens (primary N) is 4. The smallest absolute Gasteiger partial charge is 0.276 e. The van der Waals surface area contributed by atoms with E-state index in [1.54, 1.807) is 51.1 Å². The molecule has 18 rings (SSSR count). The molecule has 0 spiro atoms. The lowest BCUT2D eigenvalue weighted by molar-refractivity contribution is 0.0904. The van der Waals surface area contributed by atoms with Gasteiger partial charge in [-0.2, -0.15) is 0 Å². The summed E-state index contributed by atoms with van der Waals surface area (Å²) in [6.07, 6.45) is 6.92. The summed E-state index contributed by atoms with van der Waals surface area (Å²) in [7, 11) is 0. The number of hydrogen-bond acceptors (Lipinski definition) is 35. The van der Waals surface area contributed by atoms with E-state index in [1.165, 1.54) is 63.9 Å². The molecule has 48 heteroatoms. The van der Waals surface area contributed by atoms with E-state index in [2.05, 4.69) is 89.6 Å². The van der Waals surface area contributed by atoms with Crippen LogP contribution in [0.3, 0.4) is 0 Å². The number of nitrogens with one attached hydrogen (secondary N) is 8. The Hall–Kier alpha value is -13.3. The van der Waals surface area contributed by atoms with Gasteiger partial charge in [0.05, 0.1) is 85.5 Å². The number of amides is 2. The molecule has 2 amide bonds. The summed E-state index contributed by atoms with van der Waals surface area (Å²) >= 11 is 14.7. The highest BCUT2D eigenvalue weighted by Gasteiger charge is 2.35. The Labute approximate surface area is 784 Å². The van der Waals surface area contributed by atoms with Crippen LogP contribution in [0, 0.1) is 6.92 Å². The molecule has 0 aliphatic carbocycles. The molecule has 1 fully saturated rings. The van der Waals surface area contributed by atoms with Crippen molar-refractivity contribution in [2.45, 2.75) is 77.7 Å². The number of likely N-dealkylation sites (tertiary alicyclic amines) is 1. The number of aliphatic imine (C=N–C) groups is 4. The number of thiazole rings is 4. The number of carbonyl (C=O) groups excluding carboxylic acids is 4. The van der Waals surface area contributed by atoms with Crippen molar-refractivity contribution in [1.29, 1.82) is 0 Å². The Kier molecular flexibility index (Phi) is 29.0. The molecule has 132 heavy (non-hydrogen) atoms. The maximum Gasteiger partial charge on any atom is 0.276 e. The van der Waals surface area contributed by atoms with Crippen LogP contribution >= 0.6 is 103 Å². The number of para-hydroxylation sites is 2. The van der Waals surface area contributed by atoms with E-state index >= 15 is 0 Å². The predicted molar refractivity (Wildman–Crippen MR) is 523 cm³/mol. The van der Waals surface area contributed by atoms with Gasteiger partial charge < -0.3 is 84.6 Å². The number of aliphatic hydroxyl groups excluding tert-OH is 4. The van der Waals surface area contributed by atoms with Gasteiger partial charge in [-0.1, -0.05) is 124 Å². The molecule has 0 saturated carbocycles. The summed E-state index contributed by atoms with van der Waals surface area (Å²) in [6, 6.07) is 33.5. The number of nitrogens with zero attached hydrogens (tertiary/aromatic N) is 13. The topological polar surface area (TPSA) is 594 Å². The molecule has 15 aromatic rings. The third-order valence-corrected chi connectivity index (χ3v) is 27.9. The van der Waals surface area contributed by atoms with Gasteiger partial charge in [-0.3, -0.25) is 80.7 Å². The average Bonchev–Trinajstić information content (AvgIpc) is 1.61. The van der Waals surface area contributed by atoms with Crippen molar-refractivity contribution in [2.75, 3.05) is 83.6 Å². The maximum absolute atomic E-state index is 13.3. The molecule has 1 saturated heterocycles. The molecule has 13 heterocycles. The van der Waals surface area contributed by atoms with Crippen LogP contribution in [0.5, 0.6) is 11.8 Å². The van der Waals surface area contributed by atoms with Crippen molar-refractivity contribution >= 4 is 235 Å². The van der Waals surface area contributed by atoms with Gasteiger partial charge >= 0.3 is 0 Å². The first-order chi connectivity index (χ1) is 63.5. The van der Waals surface area contributed by atoms with Crippen molar-refractivity contribution < 1.29 is 49.8 Å². The van der Waals surface area contributed by atoms with Crippen molar-refractivity contribution in [3.8, 4) is 11.8 Å². The lowest BCUT2D eigenvalue weighted by atomic mass is 10.1. The molecule has 3 aliphatic heterocycles. The summed E-state index contributed by atoms with van der Waals surface area (Å²) < 4.78 is 12.9. The number of anilines is 10. The standard InChI is InChI=1S/C23H27N7O2S2.C23H20N6O4S2.C19H17ClN6O4S2.C19H20N6O4S2/c1-14-18(22(32)30-12-8-15-6-2-3-7-16(15)30)33-23(26-14)27-21-17(20(31)28-34-21)19(24)25-9-13-29-10-4-5-11-29;1-11(10-30)26-19(24)18-20(32)28-35-21(18)27-23-25-9-16(34-23)22(33)29-15-7-13-5-3-2-4-12(13)6-14(15)8-17(29)31;1-8(7-27)23-15(21)14-16(29)25-32-17(14)24-19-22-6-12(31-19)18(30)26-11-5-10(20)3-2-9(11)4-13(26)28;1-9(8-26)22-15(20)14-16(28)24-31-17(14)23-19-21-7-12(30-19)18(29)25-11-5-3-2-4-10(11)6-13(25)27/h2-3,6-7H,4-5,8-13H2,1H3,(H2,24,25)(H,26,27)(H,28,31);2-9,11,30-31H,10H2,1H3,(H2,24,26)(H,25,27)(H,28,32);2-6,8,27-28H,7H2,1H3,(H2,21,23)(H,22,24)(H,25,29);2-5,7,9,13,26-27H,6,8H2,1H3,(H2,20,22)(H,21,23)(H,24,28). The first-order valence-electron chi connectivity index (χ1n) is 40.5. The summed E-state index contributed by atoms with van der Waals surface area (Å²) in [6.45, 7) is 10.4. The van der Waals surface area contributed by atoms with Crippen LogP contribution in [0.2, 0.25) is 5.02 Å². The Bertz CT molecular complexity index is 7230. The molecule has 0 bridgehead atoms. The van der Waals surface area contributed by atoms with Crippen LogP contribution in [0.25, 0.3) is 32.6 Å². The normalized spacial score (nSPS) is 14.7. The number of rotatable bonds is 25. The highest BCUT2D eigenvalue weighted by Crippen LogP contribution is 2.40. The maximum atomic E-state index is 13.3. The van der Waals surface area contributed by atoms with E-state index in [0.717, 1.165) is 138 Å². The van der Waals surface area contributed by atoms with Crippen LogP contribution in [0.15, 0.2) is 173 Å². The third kappa shape index (κ3) is 20.6. The fraction of sp³-hybridized carbons (Fsp3) is 0.238. The number of H-pyrrole nitrogens is 4. The Morgan fingerprint density at radius 2 is 0.939 bits per heavy atom. The summed E-state index contributed by atoms with van der Waals surface area (Å²) in [4.78, 5) is 143. The van der Waals surface area contributed by atoms with Gasteiger partial charge in [0.15, 0.2) is 32.3 Å². The van der Waals surface area contributed by atoms with Crippen LogP contribution in [-0.4, -0.2) is 206 Å². The minimum atomic E-state index is -0.936. The van der Waals surface area contributed by atoms with Crippen molar-refractivity contribution in [1.82, 2.24) is 51.5 Å². The number of halogens is 1. The molecule has 5 aromatic carbocycles. The number of aryl methyl sites for hydroxylation is 1. The zero-order valence-corrected chi connectivity index (χ0v) is 77.5. The highest BCUT2D eigenvalue weighted by molar-refractivity contribution is 7.20. The molecule has 0 radical (unpaired) electrons. The highest BCUT2D eigenvalue weighted by atomic mass is 35.5. The van der Waals surface area contributed by atoms with E-state index in [0.29, 0.717) is 108 Å². The zero-order valence-electron chi connectivity index (χ0n) is 70.2. The lowest BCUT2D eigenvalue weighted by Gasteiger charge is -2.20. The second-order valence-electron chi connectivity index (χ2n) is 30.0. The number of aromatic nitrogens is 10. The van der Waals surface area contributed by atoms with E-state index < -0.39 is 52.8 Å². The summed E-state index contributed by atoms with van der Waals surface area (Å²) in [5.74, 6) is -1.55. The molecule has 22 N–H and O–H groups in total. The van der Waals surface area contributed by atoms with E-state index in [9.17, 15) is 58.8 Å². The largest absolute Gasteiger partial charge is 0.494 e. The van der Waals surface area contributed by atoms with Crippen LogP contribution in [0.4, 0.5) is 51.9 Å². The van der Waals surface area contributed by atoms with Gasteiger partial charge in [-0.25, -0.2) is 29.1 Å². The van der Waals surface area contributed by atoms with Crippen molar-refractivity contribution in [2.24, 2.45) is 42.9 Å². The first kappa shape index (κ1) is 93.4. The molecule has 4 atom stereocenters. The molecule has 10 aromatic heterocycles. The van der Waals surface area contributed by atoms with Gasteiger partial charge in [-0.15, -0.1) is 0 Å². The number of benzene rings is 5. The number of aromatic hydroxyl groups is 2. The van der Waals surface area contributed by atoms with Crippen molar-refractivity contribution in [3.05, 3.63) is 239 Å². The summed E-state index contributed by atoms with van der Waals surface area (Å²) in [5.41, 5.74) is 28.7. The average molecular weight is 1960 g/mol. The van der Waals surface area contributed by atoms with E-state index in [4.69, 9.17) is 44.7 Å². The van der Waals surface area contributed by atoms with E-state index in [-0.39, 0.29) is 98.7 Å². The molecular weight excluding hydrogens is 1880 g/mol. The van der Waals surface area contributed by atoms with Crippen LogP contribution in [-0.2, 0) is 12.8 Å². The molecule has 39 nitrogen and oxygen atoms in total. The summed E-state index contributed by atoms with van der Waals surface area (Å²) in [5, 5.41) is 78.0. The van der Waals surface area contributed by atoms with Gasteiger partial charge in [0.2, 0.25) is 0 Å². The quantitative estimate of drug-likeness (QED) is 0.0187. The molecular formula is C84H84ClN25O14S8. The molecule has 684 valence electrons. The number of aromatic amines is 4. The van der Waals surface area contributed by atoms with Crippen LogP contribution < -0.4 is 76.2 Å². The SMILES string of the molecule is CC(CO)N=C(N)c1c(Nc2ncc(C(=O)N3c4ccccc4CC3O)s2)s[nH]c1=O.CC(CO)N=C(N)c1c(Nc2ncc(C(=O)n3c(O)cc4cc5ccccc5cc43)s2)s[nH]c1=O.CC(CO)N=C(N)c1c(Nc2ncc(C(=O)n3c(O)cc4ccc(Cl)cc43)s2)s[nH]c1=O.Cc1nc(Nc2s[nH]c(=O)c2C(N)=NCCN2CCCC2)sc1C(=O)N1CCc2ccccc21. The number of hydrogen-bond donors (Lipinski definition) is 18. The minimum absolute atomic E-state index is 0.00352. The van der Waals surface area contributed by atoms with Gasteiger partial charge in [0.1, 0.15) is 91.3 Å². The predicted octanol–water partition coefficient (Wildman–Crippen LogP) is 10.1. The lowest BCUT2D eigenvalue weighted by Crippen LogP contribution is -2.37. The monoisotopic (exact) mass is 1960 g/mol. The zero-order chi connectivity index (χ0) is 93.5. The van der Waals surface area contributed by atoms with Gasteiger partial charge in [-0.05, 0) is 164 Å². The molecule has 3 aliphatic rings. The number of fused-ring (bicyclic) bond motifs is 5. The molecule has 4 unspecified atom stereocenters. The second-order valence-corrected chi connectivity index (χ2v) is 37.8. The number of aliphatic hydroxyl groups is 4. The van der Waals surface area contributed by atoms with Crippen LogP contribution in [0.1, 0.15) is 111 Å². The van der Waals surface area contributed by atoms with E-state index in [1.807, 2.05) is 84.6 Å². The fourth-order valence-electron chi connectivity index (χ4n) is 14.3. The van der Waals surface area contributed by atoms with Gasteiger partial charge in [0.25, 0.3) is 45.9 Å². The third-order valence-electron chi connectivity index (χ3n) is 20.7. The number of amidine groups is 4. The Morgan fingerprint density at radius 1 is 0.508 bits per heavy atom. The fourth-order valence-corrected chi connectivity index (χ4v) is 20.9. The Morgan fingerprint density at radius 3 is 1.44 bits per heavy atom. The minimum Gasteiger partial charge on any atom is -0.494 e. The second kappa shape index (κ2) is 41.0. The first-order valence-corrected chi connectivity index (χ1v) is 47.4. The number of carbonyl (C=O) groups is 4. The van der Waals surface area contributed by atoms with Crippen molar-refractivity contribution in [3.63, 3.8) is 0 Å². The van der Waals surface area contributed by atoms with Gasteiger partial charge in [0, 0.05) is 53.1 Å².